The zero-order chi connectivity index (χ0) is 28.2. The molecule has 2 aromatic carbocycles. The van der Waals surface area contributed by atoms with Gasteiger partial charge >= 0.3 is 0 Å². The summed E-state index contributed by atoms with van der Waals surface area (Å²) in [4.78, 5) is 10.5. The summed E-state index contributed by atoms with van der Waals surface area (Å²) < 4.78 is 77.6. The van der Waals surface area contributed by atoms with E-state index < -0.39 is 31.5 Å². The van der Waals surface area contributed by atoms with E-state index in [1.54, 1.807) is 25.2 Å². The minimum atomic E-state index is -3.78. The number of anilines is 4. The lowest BCUT2D eigenvalue weighted by Gasteiger charge is -2.36. The molecule has 0 spiro atoms. The Morgan fingerprint density at radius 1 is 1.00 bits per heavy atom. The fourth-order valence-electron chi connectivity index (χ4n) is 4.24. The summed E-state index contributed by atoms with van der Waals surface area (Å²) in [6, 6.07) is 10.9. The van der Waals surface area contributed by atoms with Gasteiger partial charge in [0.1, 0.15) is 15.7 Å². The lowest BCUT2D eigenvalue weighted by atomic mass is 10.1. The molecule has 10 nitrogen and oxygen atoms in total. The fourth-order valence-corrected chi connectivity index (χ4v) is 6.21. The van der Waals surface area contributed by atoms with Gasteiger partial charge in [0.15, 0.2) is 11.6 Å². The Bertz CT molecular complexity index is 1520. The van der Waals surface area contributed by atoms with E-state index in [1.807, 2.05) is 4.90 Å². The van der Waals surface area contributed by atoms with Gasteiger partial charge in [-0.2, -0.15) is 9.29 Å². The molecule has 1 fully saturated rings. The summed E-state index contributed by atoms with van der Waals surface area (Å²) >= 11 is 0. The number of hydrogen-bond acceptors (Lipinski definition) is 9. The summed E-state index contributed by atoms with van der Waals surface area (Å²) in [6.45, 7) is 1.58. The van der Waals surface area contributed by atoms with E-state index in [0.29, 0.717) is 36.7 Å². The number of nitrogens with one attached hydrogen (secondary N) is 2. The topological polar surface area (TPSA) is 125 Å². The van der Waals surface area contributed by atoms with Crippen molar-refractivity contribution in [2.75, 3.05) is 49.3 Å². The van der Waals surface area contributed by atoms with Gasteiger partial charge in [-0.1, -0.05) is 0 Å². The third-order valence-electron chi connectivity index (χ3n) is 6.41. The molecular formula is C25H30F2N6O4S2. The van der Waals surface area contributed by atoms with E-state index in [1.165, 1.54) is 35.0 Å². The standard InChI is InChI=1S/C25H30F2N6O4S2/c1-32(20-4-3-13-33(17-20)14-15-38(2,34)35)39(36,37)21-8-5-18(6-9-21)30-25-28-12-11-24(31-25)29-19-7-10-22(26)23(27)16-19/h5-12,16,20H,3-4,13-15,17H2,1-2H3,(H2,28,29,30,31). The van der Waals surface area contributed by atoms with Crippen molar-refractivity contribution in [2.24, 2.45) is 0 Å². The lowest BCUT2D eigenvalue weighted by molar-refractivity contribution is 0.166. The molecule has 1 atom stereocenters. The van der Waals surface area contributed by atoms with Crippen LogP contribution < -0.4 is 10.6 Å². The monoisotopic (exact) mass is 580 g/mol. The summed E-state index contributed by atoms with van der Waals surface area (Å²) in [6.07, 6.45) is 4.15. The minimum Gasteiger partial charge on any atom is -0.340 e. The van der Waals surface area contributed by atoms with Crippen LogP contribution in [0.4, 0.5) is 31.9 Å². The van der Waals surface area contributed by atoms with Crippen molar-refractivity contribution < 1.29 is 25.6 Å². The molecule has 3 aromatic rings. The number of benzene rings is 2. The second-order valence-electron chi connectivity index (χ2n) is 9.42. The third-order valence-corrected chi connectivity index (χ3v) is 9.26. The van der Waals surface area contributed by atoms with Crippen molar-refractivity contribution in [1.82, 2.24) is 19.2 Å². The van der Waals surface area contributed by atoms with Crippen molar-refractivity contribution in [2.45, 2.75) is 23.8 Å². The van der Waals surface area contributed by atoms with Crippen LogP contribution in [0.15, 0.2) is 59.6 Å². The molecule has 14 heteroatoms. The predicted octanol–water partition coefficient (Wildman–Crippen LogP) is 3.37. The maximum atomic E-state index is 13.5. The summed E-state index contributed by atoms with van der Waals surface area (Å²) in [5.41, 5.74) is 0.861. The zero-order valence-corrected chi connectivity index (χ0v) is 23.1. The van der Waals surface area contributed by atoms with Crippen LogP contribution in [0.25, 0.3) is 0 Å². The lowest BCUT2D eigenvalue weighted by Crippen LogP contribution is -2.49. The number of halogens is 2. The molecule has 0 amide bonds. The molecule has 0 radical (unpaired) electrons. The van der Waals surface area contributed by atoms with E-state index in [9.17, 15) is 25.6 Å². The first-order chi connectivity index (χ1) is 18.4. The quantitative estimate of drug-likeness (QED) is 0.371. The molecule has 0 saturated carbocycles. The number of rotatable bonds is 10. The van der Waals surface area contributed by atoms with Crippen LogP contribution in [0.2, 0.25) is 0 Å². The molecule has 1 aliphatic heterocycles. The van der Waals surface area contributed by atoms with E-state index in [2.05, 4.69) is 20.6 Å². The Morgan fingerprint density at radius 2 is 1.72 bits per heavy atom. The summed E-state index contributed by atoms with van der Waals surface area (Å²) in [5, 5.41) is 5.87. The largest absolute Gasteiger partial charge is 0.340 e. The second-order valence-corrected chi connectivity index (χ2v) is 13.7. The third kappa shape index (κ3) is 7.68. The average molecular weight is 581 g/mol. The SMILES string of the molecule is CN(C1CCCN(CCS(C)(=O)=O)C1)S(=O)(=O)c1ccc(Nc2nccc(Nc3ccc(F)c(F)c3)n2)cc1. The molecule has 2 heterocycles. The van der Waals surface area contributed by atoms with E-state index >= 15 is 0 Å². The van der Waals surface area contributed by atoms with Gasteiger partial charge in [0.25, 0.3) is 0 Å². The first kappa shape index (κ1) is 28.8. The Labute approximate surface area is 227 Å². The van der Waals surface area contributed by atoms with Crippen LogP contribution in [0.3, 0.4) is 0 Å². The number of likely N-dealkylation sites (tertiary alicyclic amines) is 1. The number of likely N-dealkylation sites (N-methyl/N-ethyl adjacent to an activating group) is 1. The number of piperidine rings is 1. The van der Waals surface area contributed by atoms with Gasteiger partial charge in [-0.05, 0) is 61.9 Å². The molecule has 1 saturated heterocycles. The second kappa shape index (κ2) is 11.9. The first-order valence-corrected chi connectivity index (χ1v) is 15.7. The van der Waals surface area contributed by atoms with E-state index in [0.717, 1.165) is 25.1 Å². The molecule has 4 rings (SSSR count). The fraction of sp³-hybridized carbons (Fsp3) is 0.360. The molecule has 2 N–H and O–H groups in total. The van der Waals surface area contributed by atoms with Crippen LogP contribution in [-0.2, 0) is 19.9 Å². The van der Waals surface area contributed by atoms with Crippen LogP contribution in [-0.4, -0.2) is 80.7 Å². The number of sulfone groups is 1. The molecule has 1 unspecified atom stereocenters. The van der Waals surface area contributed by atoms with Gasteiger partial charge in [-0.15, -0.1) is 0 Å². The summed E-state index contributed by atoms with van der Waals surface area (Å²) in [7, 11) is -5.33. The Balaban J connectivity index is 1.40. The Hall–Kier alpha value is -3.20. The average Bonchev–Trinajstić information content (AvgIpc) is 2.89. The smallest absolute Gasteiger partial charge is 0.243 e. The van der Waals surface area contributed by atoms with Gasteiger partial charge in [0.2, 0.25) is 16.0 Å². The first-order valence-electron chi connectivity index (χ1n) is 12.2. The number of sulfonamides is 1. The molecule has 210 valence electrons. The van der Waals surface area contributed by atoms with E-state index in [-0.39, 0.29) is 22.6 Å². The maximum Gasteiger partial charge on any atom is 0.243 e. The minimum absolute atomic E-state index is 0.0398. The molecule has 39 heavy (non-hydrogen) atoms. The molecule has 0 aliphatic carbocycles. The van der Waals surface area contributed by atoms with Crippen molar-refractivity contribution in [1.29, 1.82) is 0 Å². The highest BCUT2D eigenvalue weighted by molar-refractivity contribution is 7.90. The van der Waals surface area contributed by atoms with Crippen LogP contribution in [0, 0.1) is 11.6 Å². The Kier molecular flexibility index (Phi) is 8.79. The normalized spacial score (nSPS) is 16.8. The number of nitrogens with zero attached hydrogens (tertiary/aromatic N) is 4. The highest BCUT2D eigenvalue weighted by Gasteiger charge is 2.31. The van der Waals surface area contributed by atoms with Gasteiger partial charge < -0.3 is 15.5 Å². The van der Waals surface area contributed by atoms with Gasteiger partial charge in [-0.3, -0.25) is 0 Å². The molecule has 1 aromatic heterocycles. The van der Waals surface area contributed by atoms with Gasteiger partial charge in [-0.25, -0.2) is 30.6 Å². The van der Waals surface area contributed by atoms with E-state index in [4.69, 9.17) is 0 Å². The molecule has 0 bridgehead atoms. The van der Waals surface area contributed by atoms with Crippen molar-refractivity contribution in [3.8, 4) is 0 Å². The molecular weight excluding hydrogens is 550 g/mol. The van der Waals surface area contributed by atoms with Crippen LogP contribution in [0.5, 0.6) is 0 Å². The predicted molar refractivity (Wildman–Crippen MR) is 146 cm³/mol. The molecule has 1 aliphatic rings. The van der Waals surface area contributed by atoms with Crippen LogP contribution >= 0.6 is 0 Å². The zero-order valence-electron chi connectivity index (χ0n) is 21.5. The van der Waals surface area contributed by atoms with Crippen molar-refractivity contribution >= 4 is 43.0 Å². The highest BCUT2D eigenvalue weighted by Crippen LogP contribution is 2.25. The number of aromatic nitrogens is 2. The van der Waals surface area contributed by atoms with Gasteiger partial charge in [0.05, 0.1) is 10.6 Å². The van der Waals surface area contributed by atoms with Crippen molar-refractivity contribution in [3.05, 3.63) is 66.4 Å². The highest BCUT2D eigenvalue weighted by atomic mass is 32.2. The van der Waals surface area contributed by atoms with Crippen LogP contribution in [0.1, 0.15) is 12.8 Å². The maximum absolute atomic E-state index is 13.5. The van der Waals surface area contributed by atoms with Gasteiger partial charge in [0, 0.05) is 56.1 Å². The number of hydrogen-bond donors (Lipinski definition) is 2. The van der Waals surface area contributed by atoms with Crippen molar-refractivity contribution in [3.63, 3.8) is 0 Å². The Morgan fingerprint density at radius 3 is 2.41 bits per heavy atom. The summed E-state index contributed by atoms with van der Waals surface area (Å²) in [5.74, 6) is -1.34.